The van der Waals surface area contributed by atoms with Gasteiger partial charge in [-0.15, -0.1) is 0 Å². The summed E-state index contributed by atoms with van der Waals surface area (Å²) in [6.45, 7) is 2.48. The van der Waals surface area contributed by atoms with Crippen molar-refractivity contribution in [2.75, 3.05) is 43.5 Å². The van der Waals surface area contributed by atoms with E-state index in [0.29, 0.717) is 37.6 Å². The molecule has 0 aliphatic carbocycles. The van der Waals surface area contributed by atoms with Gasteiger partial charge in [-0.25, -0.2) is 0 Å². The Labute approximate surface area is 157 Å². The predicted molar refractivity (Wildman–Crippen MR) is 101 cm³/mol. The van der Waals surface area contributed by atoms with Crippen LogP contribution >= 0.6 is 0 Å². The molecule has 4 rings (SSSR count). The summed E-state index contributed by atoms with van der Waals surface area (Å²) >= 11 is 0. The summed E-state index contributed by atoms with van der Waals surface area (Å²) in [6, 6.07) is 15.0. The first-order valence-corrected chi connectivity index (χ1v) is 8.90. The number of carbonyl (C=O) groups excluding carboxylic acids is 2. The molecule has 2 heterocycles. The summed E-state index contributed by atoms with van der Waals surface area (Å²) < 4.78 is 10.8. The van der Waals surface area contributed by atoms with Gasteiger partial charge in [-0.1, -0.05) is 12.1 Å². The minimum absolute atomic E-state index is 0.295. The Hall–Kier alpha value is -3.22. The van der Waals surface area contributed by atoms with Crippen molar-refractivity contribution in [3.63, 3.8) is 0 Å². The SMILES string of the molecule is COc1ccc(N2CCN(C(=O)[C@@H]3Oc4ccccc4NC3=O)CC2)cc1. The van der Waals surface area contributed by atoms with Crippen LogP contribution in [0.25, 0.3) is 0 Å². The first kappa shape index (κ1) is 17.2. The van der Waals surface area contributed by atoms with Gasteiger partial charge in [0.25, 0.3) is 17.9 Å². The summed E-state index contributed by atoms with van der Waals surface area (Å²) in [4.78, 5) is 29.0. The Morgan fingerprint density at radius 1 is 1.07 bits per heavy atom. The lowest BCUT2D eigenvalue weighted by Crippen LogP contribution is -2.55. The van der Waals surface area contributed by atoms with Gasteiger partial charge in [-0.2, -0.15) is 0 Å². The van der Waals surface area contributed by atoms with Crippen molar-refractivity contribution >= 4 is 23.2 Å². The van der Waals surface area contributed by atoms with Crippen LogP contribution in [0.15, 0.2) is 48.5 Å². The quantitative estimate of drug-likeness (QED) is 0.837. The number of anilines is 2. The average Bonchev–Trinajstić information content (AvgIpc) is 2.73. The van der Waals surface area contributed by atoms with Gasteiger partial charge < -0.3 is 24.6 Å². The van der Waals surface area contributed by atoms with Gasteiger partial charge in [-0.3, -0.25) is 9.59 Å². The second kappa shape index (κ2) is 7.19. The number of amides is 2. The maximum Gasteiger partial charge on any atom is 0.275 e. The molecular weight excluding hydrogens is 346 g/mol. The highest BCUT2D eigenvalue weighted by Gasteiger charge is 2.37. The van der Waals surface area contributed by atoms with Crippen LogP contribution in [0.4, 0.5) is 11.4 Å². The lowest BCUT2D eigenvalue weighted by Gasteiger charge is -2.38. The van der Waals surface area contributed by atoms with Gasteiger partial charge in [0.2, 0.25) is 0 Å². The van der Waals surface area contributed by atoms with Crippen molar-refractivity contribution < 1.29 is 19.1 Å². The lowest BCUT2D eigenvalue weighted by molar-refractivity contribution is -0.145. The second-order valence-corrected chi connectivity index (χ2v) is 6.49. The molecule has 0 radical (unpaired) electrons. The van der Waals surface area contributed by atoms with Crippen molar-refractivity contribution in [3.8, 4) is 11.5 Å². The molecular formula is C20H21N3O4. The standard InChI is InChI=1S/C20H21N3O4/c1-26-15-8-6-14(7-9-15)22-10-12-23(13-11-22)20(25)18-19(24)21-16-4-2-3-5-17(16)27-18/h2-9,18H,10-13H2,1H3,(H,21,24)/t18-/m1/s1. The topological polar surface area (TPSA) is 71.1 Å². The molecule has 0 aromatic heterocycles. The Morgan fingerprint density at radius 3 is 2.48 bits per heavy atom. The highest BCUT2D eigenvalue weighted by molar-refractivity contribution is 6.11. The number of nitrogens with one attached hydrogen (secondary N) is 1. The molecule has 1 N–H and O–H groups in total. The normalized spacial score (nSPS) is 19.0. The zero-order chi connectivity index (χ0) is 18.8. The largest absolute Gasteiger partial charge is 0.497 e. The van der Waals surface area contributed by atoms with Crippen molar-refractivity contribution in [3.05, 3.63) is 48.5 Å². The van der Waals surface area contributed by atoms with Crippen molar-refractivity contribution in [1.29, 1.82) is 0 Å². The molecule has 2 amide bonds. The van der Waals surface area contributed by atoms with Gasteiger partial charge in [-0.05, 0) is 36.4 Å². The number of hydrogen-bond acceptors (Lipinski definition) is 5. The van der Waals surface area contributed by atoms with Gasteiger partial charge >= 0.3 is 0 Å². The molecule has 27 heavy (non-hydrogen) atoms. The number of benzene rings is 2. The van der Waals surface area contributed by atoms with Gasteiger partial charge in [0.1, 0.15) is 11.5 Å². The molecule has 140 valence electrons. The van der Waals surface area contributed by atoms with Crippen LogP contribution in [0, 0.1) is 0 Å². The van der Waals surface area contributed by atoms with Crippen molar-refractivity contribution in [1.82, 2.24) is 4.90 Å². The van der Waals surface area contributed by atoms with E-state index >= 15 is 0 Å². The molecule has 2 aliphatic heterocycles. The van der Waals surface area contributed by atoms with E-state index in [0.717, 1.165) is 11.4 Å². The maximum atomic E-state index is 12.8. The van der Waals surface area contributed by atoms with Crippen LogP contribution in [0.1, 0.15) is 0 Å². The fraction of sp³-hybridized carbons (Fsp3) is 0.300. The average molecular weight is 367 g/mol. The fourth-order valence-electron chi connectivity index (χ4n) is 3.36. The molecule has 0 spiro atoms. The van der Waals surface area contributed by atoms with Gasteiger partial charge in [0, 0.05) is 31.9 Å². The highest BCUT2D eigenvalue weighted by Crippen LogP contribution is 2.29. The van der Waals surface area contributed by atoms with Crippen LogP contribution < -0.4 is 19.7 Å². The highest BCUT2D eigenvalue weighted by atomic mass is 16.5. The number of rotatable bonds is 3. The Balaban J connectivity index is 1.39. The summed E-state index contributed by atoms with van der Waals surface area (Å²) in [6.07, 6.45) is -1.13. The van der Waals surface area contributed by atoms with Gasteiger partial charge in [0.05, 0.1) is 12.8 Å². The van der Waals surface area contributed by atoms with Crippen LogP contribution in [0.5, 0.6) is 11.5 Å². The second-order valence-electron chi connectivity index (χ2n) is 6.49. The number of carbonyl (C=O) groups is 2. The third kappa shape index (κ3) is 3.40. The first-order chi connectivity index (χ1) is 13.2. The van der Waals surface area contributed by atoms with Crippen LogP contribution in [-0.4, -0.2) is 56.1 Å². The number of piperazine rings is 1. The summed E-state index contributed by atoms with van der Waals surface area (Å²) in [5.74, 6) is 0.619. The van der Waals surface area contributed by atoms with Crippen LogP contribution in [-0.2, 0) is 9.59 Å². The Kier molecular flexibility index (Phi) is 4.58. The molecule has 0 saturated carbocycles. The number of ether oxygens (including phenoxy) is 2. The van der Waals surface area contributed by atoms with E-state index < -0.39 is 12.0 Å². The van der Waals surface area contributed by atoms with E-state index in [4.69, 9.17) is 9.47 Å². The third-order valence-electron chi connectivity index (χ3n) is 4.88. The molecule has 1 saturated heterocycles. The lowest BCUT2D eigenvalue weighted by atomic mass is 10.1. The maximum absolute atomic E-state index is 12.8. The zero-order valence-corrected chi connectivity index (χ0v) is 15.1. The molecule has 2 aliphatic rings. The van der Waals surface area contributed by atoms with Crippen LogP contribution in [0.2, 0.25) is 0 Å². The van der Waals surface area contributed by atoms with E-state index in [1.165, 1.54) is 0 Å². The number of methoxy groups -OCH3 is 1. The molecule has 7 nitrogen and oxygen atoms in total. The first-order valence-electron chi connectivity index (χ1n) is 8.90. The number of nitrogens with zero attached hydrogens (tertiary/aromatic N) is 2. The van der Waals surface area contributed by atoms with E-state index in [1.54, 1.807) is 24.1 Å². The van der Waals surface area contributed by atoms with E-state index in [9.17, 15) is 9.59 Å². The minimum atomic E-state index is -1.13. The third-order valence-corrected chi connectivity index (χ3v) is 4.88. The van der Waals surface area contributed by atoms with E-state index in [-0.39, 0.29) is 5.91 Å². The molecule has 1 atom stereocenters. The van der Waals surface area contributed by atoms with E-state index in [1.807, 2.05) is 36.4 Å². The Morgan fingerprint density at radius 2 is 1.78 bits per heavy atom. The predicted octanol–water partition coefficient (Wildman–Crippen LogP) is 1.74. The molecule has 2 aromatic rings. The molecule has 0 bridgehead atoms. The number of para-hydroxylation sites is 2. The summed E-state index contributed by atoms with van der Waals surface area (Å²) in [5.41, 5.74) is 1.68. The smallest absolute Gasteiger partial charge is 0.275 e. The number of fused-ring (bicyclic) bond motifs is 1. The minimum Gasteiger partial charge on any atom is -0.497 e. The molecule has 2 aromatic carbocycles. The van der Waals surface area contributed by atoms with Crippen molar-refractivity contribution in [2.24, 2.45) is 0 Å². The van der Waals surface area contributed by atoms with Crippen LogP contribution in [0.3, 0.4) is 0 Å². The van der Waals surface area contributed by atoms with Crippen molar-refractivity contribution in [2.45, 2.75) is 6.10 Å². The van der Waals surface area contributed by atoms with E-state index in [2.05, 4.69) is 10.2 Å². The fourth-order valence-corrected chi connectivity index (χ4v) is 3.36. The molecule has 0 unspecified atom stereocenters. The summed E-state index contributed by atoms with van der Waals surface area (Å²) in [5, 5.41) is 2.74. The Bertz CT molecular complexity index is 845. The van der Waals surface area contributed by atoms with Gasteiger partial charge in [0.15, 0.2) is 0 Å². The monoisotopic (exact) mass is 367 g/mol. The molecule has 1 fully saturated rings. The number of hydrogen-bond donors (Lipinski definition) is 1. The zero-order valence-electron chi connectivity index (χ0n) is 15.1. The molecule has 7 heteroatoms. The summed E-state index contributed by atoms with van der Waals surface area (Å²) in [7, 11) is 1.64.